The molecule has 0 spiro atoms. The van der Waals surface area contributed by atoms with Crippen molar-refractivity contribution in [1.29, 1.82) is 5.26 Å². The second kappa shape index (κ2) is 7.37. The molecule has 0 aliphatic carbocycles. The summed E-state index contributed by atoms with van der Waals surface area (Å²) in [5.41, 5.74) is 3.92. The number of anilines is 2. The molecule has 1 fully saturated rings. The predicted molar refractivity (Wildman–Crippen MR) is 108 cm³/mol. The minimum absolute atomic E-state index is 0.113. The Morgan fingerprint density at radius 3 is 2.25 bits per heavy atom. The third-order valence-electron chi connectivity index (χ3n) is 4.80. The molecule has 1 heterocycles. The largest absolute Gasteiger partial charge is 0.322 e. The summed E-state index contributed by atoms with van der Waals surface area (Å²) in [7, 11) is 0. The van der Waals surface area contributed by atoms with Gasteiger partial charge in [0.25, 0.3) is 5.91 Å². The maximum absolute atomic E-state index is 12.9. The highest BCUT2D eigenvalue weighted by Gasteiger charge is 2.25. The third-order valence-corrected chi connectivity index (χ3v) is 4.80. The molecule has 4 rings (SSSR count). The number of carbonyl (C=O) groups is 2. The average molecular weight is 367 g/mol. The van der Waals surface area contributed by atoms with Crippen molar-refractivity contribution in [2.45, 2.75) is 6.42 Å². The van der Waals surface area contributed by atoms with E-state index in [0.29, 0.717) is 28.8 Å². The molecular formula is C23H17N3O2. The van der Waals surface area contributed by atoms with Gasteiger partial charge in [0.15, 0.2) is 0 Å². The van der Waals surface area contributed by atoms with Gasteiger partial charge in [-0.15, -0.1) is 0 Å². The van der Waals surface area contributed by atoms with Crippen LogP contribution >= 0.6 is 0 Å². The molecule has 3 aromatic carbocycles. The average Bonchev–Trinajstić information content (AvgIpc) is 2.74. The second-order valence-electron chi connectivity index (χ2n) is 6.50. The summed E-state index contributed by atoms with van der Waals surface area (Å²) in [6, 6.07) is 23.8. The van der Waals surface area contributed by atoms with Gasteiger partial charge < -0.3 is 10.2 Å². The van der Waals surface area contributed by atoms with Gasteiger partial charge >= 0.3 is 0 Å². The van der Waals surface area contributed by atoms with E-state index in [0.717, 1.165) is 17.8 Å². The molecule has 0 radical (unpaired) electrons. The highest BCUT2D eigenvalue weighted by atomic mass is 16.2. The Bertz CT molecular complexity index is 1100. The Morgan fingerprint density at radius 1 is 0.929 bits per heavy atom. The topological polar surface area (TPSA) is 73.2 Å². The molecule has 5 heteroatoms. The first-order valence-corrected chi connectivity index (χ1v) is 8.97. The lowest BCUT2D eigenvalue weighted by Crippen LogP contribution is -2.43. The molecule has 5 nitrogen and oxygen atoms in total. The number of amides is 2. The number of nitrogens with one attached hydrogen (secondary N) is 1. The molecule has 3 aromatic rings. The summed E-state index contributed by atoms with van der Waals surface area (Å²) in [6.07, 6.45) is 0.583. The fraction of sp³-hybridized carbons (Fsp3) is 0.0870. The molecule has 1 aliphatic rings. The predicted octanol–water partition coefficient (Wildman–Crippen LogP) is 4.21. The van der Waals surface area contributed by atoms with Crippen molar-refractivity contribution in [3.05, 3.63) is 83.9 Å². The van der Waals surface area contributed by atoms with E-state index in [1.54, 1.807) is 41.3 Å². The zero-order chi connectivity index (χ0) is 19.5. The Morgan fingerprint density at radius 2 is 1.61 bits per heavy atom. The van der Waals surface area contributed by atoms with Crippen LogP contribution in [-0.4, -0.2) is 18.4 Å². The van der Waals surface area contributed by atoms with Crippen molar-refractivity contribution in [3.8, 4) is 17.2 Å². The number of rotatable bonds is 4. The van der Waals surface area contributed by atoms with Crippen LogP contribution in [0.3, 0.4) is 0 Å². The molecule has 0 bridgehead atoms. The van der Waals surface area contributed by atoms with Crippen LogP contribution in [0.2, 0.25) is 0 Å². The van der Waals surface area contributed by atoms with Gasteiger partial charge in [-0.05, 0) is 42.0 Å². The minimum atomic E-state index is -0.254. The molecule has 2 amide bonds. The maximum Gasteiger partial charge on any atom is 0.256 e. The van der Waals surface area contributed by atoms with Crippen LogP contribution in [0.15, 0.2) is 72.8 Å². The molecule has 28 heavy (non-hydrogen) atoms. The SMILES string of the molecule is N#Cc1ccccc1-c1ccccc1C(=O)Nc1ccc(N2CCC2=O)cc1. The van der Waals surface area contributed by atoms with Crippen LogP contribution in [0.4, 0.5) is 11.4 Å². The van der Waals surface area contributed by atoms with Gasteiger partial charge in [0.2, 0.25) is 5.91 Å². The molecule has 1 saturated heterocycles. The first-order chi connectivity index (χ1) is 13.7. The van der Waals surface area contributed by atoms with Crippen LogP contribution in [0.1, 0.15) is 22.3 Å². The molecule has 1 N–H and O–H groups in total. The molecule has 0 atom stereocenters. The smallest absolute Gasteiger partial charge is 0.256 e. The monoisotopic (exact) mass is 367 g/mol. The fourth-order valence-corrected chi connectivity index (χ4v) is 3.24. The van der Waals surface area contributed by atoms with E-state index >= 15 is 0 Å². The number of nitriles is 1. The quantitative estimate of drug-likeness (QED) is 0.702. The normalized spacial score (nSPS) is 12.8. The number of nitrogens with zero attached hydrogens (tertiary/aromatic N) is 2. The van der Waals surface area contributed by atoms with Crippen LogP contribution in [0, 0.1) is 11.3 Å². The Labute approximate surface area is 162 Å². The van der Waals surface area contributed by atoms with Crippen LogP contribution in [-0.2, 0) is 4.79 Å². The van der Waals surface area contributed by atoms with Gasteiger partial charge in [0.1, 0.15) is 0 Å². The lowest BCUT2D eigenvalue weighted by molar-refractivity contribution is -0.122. The zero-order valence-electron chi connectivity index (χ0n) is 15.1. The second-order valence-corrected chi connectivity index (χ2v) is 6.50. The molecule has 0 saturated carbocycles. The van der Waals surface area contributed by atoms with Crippen LogP contribution in [0.5, 0.6) is 0 Å². The summed E-state index contributed by atoms with van der Waals surface area (Å²) in [4.78, 5) is 26.1. The summed E-state index contributed by atoms with van der Waals surface area (Å²) in [5.74, 6) is -0.141. The van der Waals surface area contributed by atoms with Crippen LogP contribution < -0.4 is 10.2 Å². The van der Waals surface area contributed by atoms with E-state index in [1.807, 2.05) is 36.4 Å². The van der Waals surface area contributed by atoms with Crippen molar-refractivity contribution in [2.75, 3.05) is 16.8 Å². The van der Waals surface area contributed by atoms with Gasteiger partial charge in [-0.1, -0.05) is 36.4 Å². The van der Waals surface area contributed by atoms with E-state index < -0.39 is 0 Å². The minimum Gasteiger partial charge on any atom is -0.322 e. The lowest BCUT2D eigenvalue weighted by Gasteiger charge is -2.30. The molecular weight excluding hydrogens is 350 g/mol. The Kier molecular flexibility index (Phi) is 4.61. The van der Waals surface area contributed by atoms with Gasteiger partial charge in [-0.25, -0.2) is 0 Å². The highest BCUT2D eigenvalue weighted by Crippen LogP contribution is 2.28. The summed E-state index contributed by atoms with van der Waals surface area (Å²) in [6.45, 7) is 0.732. The molecule has 1 aliphatic heterocycles. The van der Waals surface area contributed by atoms with Crippen molar-refractivity contribution >= 4 is 23.2 Å². The van der Waals surface area contributed by atoms with Crippen molar-refractivity contribution in [3.63, 3.8) is 0 Å². The standard InChI is InChI=1S/C23H17N3O2/c24-15-16-5-1-2-6-19(16)20-7-3-4-8-21(20)23(28)25-17-9-11-18(12-10-17)26-14-13-22(26)27/h1-12H,13-14H2,(H,25,28). The number of carbonyl (C=O) groups excluding carboxylic acids is 2. The van der Waals surface area contributed by atoms with E-state index in [9.17, 15) is 14.9 Å². The van der Waals surface area contributed by atoms with E-state index in [2.05, 4.69) is 11.4 Å². The summed E-state index contributed by atoms with van der Waals surface area (Å²) < 4.78 is 0. The van der Waals surface area contributed by atoms with Gasteiger partial charge in [-0.2, -0.15) is 5.26 Å². The number of hydrogen-bond acceptors (Lipinski definition) is 3. The van der Waals surface area contributed by atoms with Crippen molar-refractivity contribution < 1.29 is 9.59 Å². The molecule has 0 unspecified atom stereocenters. The highest BCUT2D eigenvalue weighted by molar-refractivity contribution is 6.09. The lowest BCUT2D eigenvalue weighted by atomic mass is 9.95. The molecule has 136 valence electrons. The number of benzene rings is 3. The first kappa shape index (κ1) is 17.5. The van der Waals surface area contributed by atoms with Gasteiger partial charge in [0.05, 0.1) is 11.6 Å². The van der Waals surface area contributed by atoms with Gasteiger partial charge in [0, 0.05) is 35.5 Å². The summed E-state index contributed by atoms with van der Waals surface area (Å²) >= 11 is 0. The summed E-state index contributed by atoms with van der Waals surface area (Å²) in [5, 5.41) is 12.3. The van der Waals surface area contributed by atoms with E-state index in [-0.39, 0.29) is 11.8 Å². The maximum atomic E-state index is 12.9. The van der Waals surface area contributed by atoms with Crippen molar-refractivity contribution in [2.24, 2.45) is 0 Å². The van der Waals surface area contributed by atoms with Crippen molar-refractivity contribution in [1.82, 2.24) is 0 Å². The van der Waals surface area contributed by atoms with Crippen LogP contribution in [0.25, 0.3) is 11.1 Å². The number of β-lactam (4-membered cyclic amide) rings is 1. The number of hydrogen-bond donors (Lipinski definition) is 1. The Hall–Kier alpha value is -3.91. The molecule has 0 aromatic heterocycles. The van der Waals surface area contributed by atoms with E-state index in [4.69, 9.17) is 0 Å². The van der Waals surface area contributed by atoms with E-state index in [1.165, 1.54) is 0 Å². The van der Waals surface area contributed by atoms with Gasteiger partial charge in [-0.3, -0.25) is 9.59 Å². The zero-order valence-corrected chi connectivity index (χ0v) is 15.1. The fourth-order valence-electron chi connectivity index (χ4n) is 3.24. The Balaban J connectivity index is 1.59. The third kappa shape index (κ3) is 3.24. The first-order valence-electron chi connectivity index (χ1n) is 8.97.